The first kappa shape index (κ1) is 17.1. The molecule has 2 rings (SSSR count). The Balaban J connectivity index is 1.80. The Labute approximate surface area is 135 Å². The maximum absolute atomic E-state index is 11.8. The molecule has 6 nitrogen and oxygen atoms in total. The maximum Gasteiger partial charge on any atom is 0.319 e. The van der Waals surface area contributed by atoms with Gasteiger partial charge >= 0.3 is 6.03 Å². The lowest BCUT2D eigenvalue weighted by molar-refractivity contribution is 0.0930. The highest BCUT2D eigenvalue weighted by atomic mass is 16.5. The van der Waals surface area contributed by atoms with Gasteiger partial charge in [-0.05, 0) is 43.2 Å². The van der Waals surface area contributed by atoms with Gasteiger partial charge in [-0.25, -0.2) is 4.79 Å². The van der Waals surface area contributed by atoms with Gasteiger partial charge in [0.1, 0.15) is 12.4 Å². The molecule has 0 unspecified atom stereocenters. The Bertz CT molecular complexity index is 598. The summed E-state index contributed by atoms with van der Waals surface area (Å²) in [5.74, 6) is 0.775. The Morgan fingerprint density at radius 1 is 1.30 bits per heavy atom. The number of ether oxygens (including phenoxy) is 1. The van der Waals surface area contributed by atoms with E-state index in [-0.39, 0.29) is 18.7 Å². The summed E-state index contributed by atoms with van der Waals surface area (Å²) in [4.78, 5) is 11.8. The number of aliphatic hydroxyl groups excluding tert-OH is 1. The highest BCUT2D eigenvalue weighted by molar-refractivity contribution is 5.89. The van der Waals surface area contributed by atoms with Crippen LogP contribution in [-0.4, -0.2) is 23.8 Å². The van der Waals surface area contributed by atoms with Crippen molar-refractivity contribution in [1.29, 1.82) is 0 Å². The minimum Gasteiger partial charge on any atom is -0.467 e. The summed E-state index contributed by atoms with van der Waals surface area (Å²) < 4.78 is 10.8. The van der Waals surface area contributed by atoms with Gasteiger partial charge in [-0.3, -0.25) is 0 Å². The van der Waals surface area contributed by atoms with Gasteiger partial charge in [-0.15, -0.1) is 0 Å². The lowest BCUT2D eigenvalue weighted by Gasteiger charge is -2.14. The van der Waals surface area contributed by atoms with Crippen LogP contribution in [0.4, 0.5) is 10.5 Å². The number of carbonyl (C=O) groups excluding carboxylic acids is 1. The normalized spacial score (nSPS) is 11.9. The molecular formula is C17H22N2O4. The molecule has 0 aliphatic heterocycles. The fourth-order valence-corrected chi connectivity index (χ4v) is 2.06. The van der Waals surface area contributed by atoms with E-state index in [4.69, 9.17) is 14.3 Å². The van der Waals surface area contributed by atoms with Crippen LogP contribution in [0.3, 0.4) is 0 Å². The zero-order valence-electron chi connectivity index (χ0n) is 13.1. The first-order valence-electron chi connectivity index (χ1n) is 7.55. The summed E-state index contributed by atoms with van der Waals surface area (Å²) in [6, 6.07) is 10.8. The molecule has 0 spiro atoms. The summed E-state index contributed by atoms with van der Waals surface area (Å²) in [5.41, 5.74) is 1.65. The van der Waals surface area contributed by atoms with Crippen molar-refractivity contribution in [2.24, 2.45) is 0 Å². The molecule has 2 amide bonds. The second-order valence-corrected chi connectivity index (χ2v) is 5.28. The van der Waals surface area contributed by atoms with E-state index in [1.54, 1.807) is 6.26 Å². The van der Waals surface area contributed by atoms with E-state index in [0.29, 0.717) is 25.3 Å². The fourth-order valence-electron chi connectivity index (χ4n) is 2.06. The minimum atomic E-state index is -0.292. The molecule has 1 heterocycles. The van der Waals surface area contributed by atoms with Crippen molar-refractivity contribution in [3.8, 4) is 0 Å². The molecule has 124 valence electrons. The van der Waals surface area contributed by atoms with Crippen molar-refractivity contribution in [2.75, 3.05) is 11.9 Å². The molecule has 0 saturated heterocycles. The van der Waals surface area contributed by atoms with Gasteiger partial charge in [0.15, 0.2) is 0 Å². The van der Waals surface area contributed by atoms with Gasteiger partial charge in [-0.2, -0.15) is 0 Å². The van der Waals surface area contributed by atoms with Crippen LogP contribution in [0.1, 0.15) is 24.7 Å². The molecule has 0 aliphatic rings. The molecule has 0 aliphatic carbocycles. The summed E-state index contributed by atoms with van der Waals surface area (Å²) in [6.45, 7) is 2.72. The molecule has 1 aromatic carbocycles. The molecule has 6 heteroatoms. The second-order valence-electron chi connectivity index (χ2n) is 5.28. The average Bonchev–Trinajstić information content (AvgIpc) is 3.01. The van der Waals surface area contributed by atoms with E-state index >= 15 is 0 Å². The quantitative estimate of drug-likeness (QED) is 0.699. The Hall–Kier alpha value is -2.31. The Morgan fingerprint density at radius 2 is 2.17 bits per heavy atom. The van der Waals surface area contributed by atoms with Crippen LogP contribution in [0.25, 0.3) is 0 Å². The number of hydrogen-bond donors (Lipinski definition) is 3. The molecule has 1 atom stereocenters. The van der Waals surface area contributed by atoms with Crippen LogP contribution in [0.5, 0.6) is 0 Å². The third kappa shape index (κ3) is 6.14. The van der Waals surface area contributed by atoms with Crippen molar-refractivity contribution < 1.29 is 19.1 Å². The zero-order chi connectivity index (χ0) is 16.5. The monoisotopic (exact) mass is 318 g/mol. The zero-order valence-corrected chi connectivity index (χ0v) is 13.1. The van der Waals surface area contributed by atoms with Gasteiger partial charge in [0, 0.05) is 18.3 Å². The van der Waals surface area contributed by atoms with Gasteiger partial charge in [0.25, 0.3) is 0 Å². The number of amides is 2. The van der Waals surface area contributed by atoms with Gasteiger partial charge < -0.3 is 24.9 Å². The van der Waals surface area contributed by atoms with Crippen molar-refractivity contribution in [2.45, 2.75) is 32.6 Å². The van der Waals surface area contributed by atoms with Crippen LogP contribution in [0, 0.1) is 0 Å². The standard InChI is InChI=1S/C17H22N2O4/c1-13(7-8-20)18-17(21)19-15-5-2-4-14(10-15)11-22-12-16-6-3-9-23-16/h2-6,9-10,13,20H,7-8,11-12H2,1H3,(H2,18,19,21)/t13-/m1/s1. The van der Waals surface area contributed by atoms with Gasteiger partial charge in [0.2, 0.25) is 0 Å². The number of anilines is 1. The van der Waals surface area contributed by atoms with Crippen molar-refractivity contribution in [1.82, 2.24) is 5.32 Å². The SMILES string of the molecule is C[C@H](CCO)NC(=O)Nc1cccc(COCc2ccco2)c1. The average molecular weight is 318 g/mol. The van der Waals surface area contributed by atoms with Gasteiger partial charge in [-0.1, -0.05) is 12.1 Å². The molecule has 3 N–H and O–H groups in total. The highest BCUT2D eigenvalue weighted by Gasteiger charge is 2.07. The summed E-state index contributed by atoms with van der Waals surface area (Å²) in [5, 5.41) is 14.4. The van der Waals surface area contributed by atoms with Crippen LogP contribution in [-0.2, 0) is 18.0 Å². The van der Waals surface area contributed by atoms with E-state index < -0.39 is 0 Å². The van der Waals surface area contributed by atoms with E-state index in [2.05, 4.69) is 10.6 Å². The number of rotatable bonds is 8. The predicted octanol–water partition coefficient (Wildman–Crippen LogP) is 2.89. The third-order valence-corrected chi connectivity index (χ3v) is 3.22. The second kappa shape index (κ2) is 8.97. The molecular weight excluding hydrogens is 296 g/mol. The largest absolute Gasteiger partial charge is 0.467 e. The maximum atomic E-state index is 11.8. The van der Waals surface area contributed by atoms with Crippen molar-refractivity contribution >= 4 is 11.7 Å². The molecule has 2 aromatic rings. The lowest BCUT2D eigenvalue weighted by Crippen LogP contribution is -2.36. The van der Waals surface area contributed by atoms with Crippen LogP contribution < -0.4 is 10.6 Å². The van der Waals surface area contributed by atoms with E-state index in [1.807, 2.05) is 43.3 Å². The number of urea groups is 1. The number of nitrogens with one attached hydrogen (secondary N) is 2. The Morgan fingerprint density at radius 3 is 2.91 bits per heavy atom. The third-order valence-electron chi connectivity index (χ3n) is 3.22. The number of carbonyl (C=O) groups is 1. The van der Waals surface area contributed by atoms with Crippen LogP contribution >= 0.6 is 0 Å². The molecule has 23 heavy (non-hydrogen) atoms. The first-order valence-corrected chi connectivity index (χ1v) is 7.55. The van der Waals surface area contributed by atoms with E-state index in [1.165, 1.54) is 0 Å². The van der Waals surface area contributed by atoms with Gasteiger partial charge in [0.05, 0.1) is 12.9 Å². The van der Waals surface area contributed by atoms with Crippen LogP contribution in [0.2, 0.25) is 0 Å². The topological polar surface area (TPSA) is 83.7 Å². The number of benzene rings is 1. The fraction of sp³-hybridized carbons (Fsp3) is 0.353. The summed E-state index contributed by atoms with van der Waals surface area (Å²) in [6.07, 6.45) is 2.13. The minimum absolute atomic E-state index is 0.0456. The lowest BCUT2D eigenvalue weighted by atomic mass is 10.2. The summed E-state index contributed by atoms with van der Waals surface area (Å²) in [7, 11) is 0. The van der Waals surface area contributed by atoms with Crippen LogP contribution in [0.15, 0.2) is 47.1 Å². The molecule has 0 bridgehead atoms. The number of hydrogen-bond acceptors (Lipinski definition) is 4. The summed E-state index contributed by atoms with van der Waals surface area (Å²) >= 11 is 0. The Kier molecular flexibility index (Phi) is 6.65. The number of furan rings is 1. The first-order chi connectivity index (χ1) is 11.2. The number of aliphatic hydroxyl groups is 1. The van der Waals surface area contributed by atoms with E-state index in [9.17, 15) is 4.79 Å². The smallest absolute Gasteiger partial charge is 0.319 e. The van der Waals surface area contributed by atoms with Crippen molar-refractivity contribution in [3.05, 3.63) is 54.0 Å². The molecule has 1 aromatic heterocycles. The molecule has 0 radical (unpaired) electrons. The van der Waals surface area contributed by atoms with Crippen molar-refractivity contribution in [3.63, 3.8) is 0 Å². The molecule has 0 saturated carbocycles. The predicted molar refractivity (Wildman–Crippen MR) is 87.0 cm³/mol. The van der Waals surface area contributed by atoms with E-state index in [0.717, 1.165) is 11.3 Å². The molecule has 0 fully saturated rings. The highest BCUT2D eigenvalue weighted by Crippen LogP contribution is 2.13.